The van der Waals surface area contributed by atoms with Gasteiger partial charge in [0.15, 0.2) is 5.76 Å². The van der Waals surface area contributed by atoms with E-state index in [0.717, 1.165) is 44.2 Å². The van der Waals surface area contributed by atoms with Crippen molar-refractivity contribution in [2.75, 3.05) is 6.54 Å². The topological polar surface area (TPSA) is 156 Å². The quantitative estimate of drug-likeness (QED) is 0.191. The van der Waals surface area contributed by atoms with Gasteiger partial charge in [-0.1, -0.05) is 62.4 Å². The summed E-state index contributed by atoms with van der Waals surface area (Å²) in [7, 11) is 0. The molecule has 2 heterocycles. The van der Waals surface area contributed by atoms with Gasteiger partial charge >= 0.3 is 6.36 Å². The summed E-state index contributed by atoms with van der Waals surface area (Å²) in [5, 5.41) is 11.4. The third-order valence-corrected chi connectivity index (χ3v) is 8.95. The number of amides is 4. The predicted octanol–water partition coefficient (Wildman–Crippen LogP) is 4.69. The van der Waals surface area contributed by atoms with Crippen LogP contribution in [0.15, 0.2) is 59.0 Å². The van der Waals surface area contributed by atoms with Crippen molar-refractivity contribution in [2.45, 2.75) is 82.8 Å². The molecule has 0 radical (unpaired) electrons. The van der Waals surface area contributed by atoms with Crippen molar-refractivity contribution in [2.24, 2.45) is 11.8 Å². The molecular formula is C35H39F3N4O7. The van der Waals surface area contributed by atoms with E-state index in [2.05, 4.69) is 26.0 Å². The number of ether oxygens (including phenoxy) is 1. The number of ketones is 1. The van der Waals surface area contributed by atoms with Crippen LogP contribution < -0.4 is 26.0 Å². The van der Waals surface area contributed by atoms with Crippen LogP contribution in [0.25, 0.3) is 11.0 Å². The summed E-state index contributed by atoms with van der Waals surface area (Å²) in [6, 6.07) is 11.0. The molecular weight excluding hydrogens is 645 g/mol. The monoisotopic (exact) mass is 684 g/mol. The number of fused-ring (bicyclic) bond motifs is 1. The Morgan fingerprint density at radius 1 is 0.898 bits per heavy atom. The molecule has 3 atom stereocenters. The SMILES string of the molecule is O=C(NCc1ccc(OC(F)(F)F)cc1)C(=O)[C@H](C[C@@H]1CCCNC1=O)NC(=O)[C@H](CC1CCCCC1)NC(=O)c1cc2ccccc2o1. The zero-order valence-corrected chi connectivity index (χ0v) is 26.8. The largest absolute Gasteiger partial charge is 0.573 e. The molecule has 2 aliphatic rings. The highest BCUT2D eigenvalue weighted by Crippen LogP contribution is 2.28. The first-order valence-electron chi connectivity index (χ1n) is 16.5. The predicted molar refractivity (Wildman–Crippen MR) is 171 cm³/mol. The number of furan rings is 1. The molecule has 1 aliphatic heterocycles. The van der Waals surface area contributed by atoms with Crippen molar-refractivity contribution in [1.82, 2.24) is 21.3 Å². The highest BCUT2D eigenvalue weighted by molar-refractivity contribution is 6.38. The number of carbonyl (C=O) groups excluding carboxylic acids is 5. The molecule has 1 saturated carbocycles. The van der Waals surface area contributed by atoms with E-state index in [1.165, 1.54) is 12.1 Å². The molecule has 2 aromatic carbocycles. The Labute approximate surface area is 280 Å². The molecule has 3 aromatic rings. The summed E-state index contributed by atoms with van der Waals surface area (Å²) >= 11 is 0. The first-order valence-corrected chi connectivity index (χ1v) is 16.5. The second kappa shape index (κ2) is 16.0. The minimum atomic E-state index is -4.86. The molecule has 4 N–H and O–H groups in total. The number of carbonyl (C=O) groups is 5. The average Bonchev–Trinajstić information content (AvgIpc) is 3.52. The second-order valence-electron chi connectivity index (χ2n) is 12.6. The highest BCUT2D eigenvalue weighted by atomic mass is 19.4. The van der Waals surface area contributed by atoms with E-state index in [-0.39, 0.29) is 30.6 Å². The molecule has 5 rings (SSSR count). The number of piperidine rings is 1. The lowest BCUT2D eigenvalue weighted by atomic mass is 9.84. The first kappa shape index (κ1) is 35.4. The van der Waals surface area contributed by atoms with Crippen molar-refractivity contribution in [1.29, 1.82) is 0 Å². The van der Waals surface area contributed by atoms with Crippen molar-refractivity contribution < 1.29 is 46.3 Å². The highest BCUT2D eigenvalue weighted by Gasteiger charge is 2.36. The van der Waals surface area contributed by atoms with Gasteiger partial charge in [0.1, 0.15) is 17.4 Å². The Hall–Kier alpha value is -4.88. The van der Waals surface area contributed by atoms with Gasteiger partial charge in [-0.15, -0.1) is 13.2 Å². The van der Waals surface area contributed by atoms with Crippen LogP contribution in [0.2, 0.25) is 0 Å². The molecule has 262 valence electrons. The molecule has 1 aromatic heterocycles. The number of halogens is 3. The Bertz CT molecular complexity index is 1620. The second-order valence-corrected chi connectivity index (χ2v) is 12.6. The smallest absolute Gasteiger partial charge is 0.451 e. The Morgan fingerprint density at radius 2 is 1.63 bits per heavy atom. The zero-order chi connectivity index (χ0) is 35.0. The number of para-hydroxylation sites is 1. The standard InChI is InChI=1S/C35H39F3N4O7/c36-35(37,38)49-25-14-12-22(13-15-25)20-40-34(47)30(43)26(18-24-10-6-16-39-31(24)44)41-32(45)27(17-21-7-2-1-3-8-21)42-33(46)29-19-23-9-4-5-11-28(23)48-29/h4-5,9,11-15,19,21,24,26-27H,1-3,6-8,10,16-18,20H2,(H,39,44)(H,40,47)(H,41,45)(H,42,46)/t24-,26-,27-/m0/s1. The van der Waals surface area contributed by atoms with Crippen LogP contribution in [-0.2, 0) is 25.7 Å². The van der Waals surface area contributed by atoms with Crippen LogP contribution in [0, 0.1) is 11.8 Å². The Balaban J connectivity index is 1.30. The van der Waals surface area contributed by atoms with Crippen molar-refractivity contribution in [3.63, 3.8) is 0 Å². The summed E-state index contributed by atoms with van der Waals surface area (Å²) in [5.41, 5.74) is 0.901. The van der Waals surface area contributed by atoms with Gasteiger partial charge in [-0.25, -0.2) is 0 Å². The maximum Gasteiger partial charge on any atom is 0.573 e. The minimum absolute atomic E-state index is 0.0199. The van der Waals surface area contributed by atoms with Crippen LogP contribution >= 0.6 is 0 Å². The third kappa shape index (κ3) is 10.1. The fraction of sp³-hybridized carbons (Fsp3) is 0.457. The van der Waals surface area contributed by atoms with E-state index in [1.807, 2.05) is 6.07 Å². The van der Waals surface area contributed by atoms with Crippen LogP contribution in [0.4, 0.5) is 13.2 Å². The lowest BCUT2D eigenvalue weighted by molar-refractivity contribution is -0.274. The van der Waals surface area contributed by atoms with E-state index in [4.69, 9.17) is 4.42 Å². The lowest BCUT2D eigenvalue weighted by Gasteiger charge is -2.29. The van der Waals surface area contributed by atoms with E-state index in [0.29, 0.717) is 42.3 Å². The number of rotatable bonds is 13. The number of benzene rings is 2. The van der Waals surface area contributed by atoms with Crippen LogP contribution in [0.5, 0.6) is 5.75 Å². The molecule has 2 fully saturated rings. The summed E-state index contributed by atoms with van der Waals surface area (Å²) in [6.45, 7) is 0.282. The Kier molecular flexibility index (Phi) is 11.6. The van der Waals surface area contributed by atoms with Gasteiger partial charge in [0.05, 0.1) is 6.04 Å². The molecule has 0 bridgehead atoms. The van der Waals surface area contributed by atoms with Crippen molar-refractivity contribution >= 4 is 40.4 Å². The molecule has 1 aliphatic carbocycles. The fourth-order valence-electron chi connectivity index (χ4n) is 6.40. The summed E-state index contributed by atoms with van der Waals surface area (Å²) in [6.07, 6.45) is 1.24. The lowest BCUT2D eigenvalue weighted by Crippen LogP contribution is -2.55. The van der Waals surface area contributed by atoms with Gasteiger partial charge in [0.2, 0.25) is 17.6 Å². The number of Topliss-reactive ketones (excluding diaryl/α,β-unsaturated/α-hetero) is 1. The molecule has 11 nitrogen and oxygen atoms in total. The molecule has 49 heavy (non-hydrogen) atoms. The van der Waals surface area contributed by atoms with Gasteiger partial charge < -0.3 is 30.4 Å². The number of hydrogen-bond donors (Lipinski definition) is 4. The van der Waals surface area contributed by atoms with Crippen molar-refractivity contribution in [3.8, 4) is 5.75 Å². The summed E-state index contributed by atoms with van der Waals surface area (Å²) in [5.74, 6) is -4.53. The van der Waals surface area contributed by atoms with Gasteiger partial charge in [0, 0.05) is 24.4 Å². The Morgan fingerprint density at radius 3 is 2.33 bits per heavy atom. The van der Waals surface area contributed by atoms with Crippen LogP contribution in [0.3, 0.4) is 0 Å². The van der Waals surface area contributed by atoms with Crippen LogP contribution in [-0.4, -0.2) is 54.4 Å². The molecule has 4 amide bonds. The number of alkyl halides is 3. The van der Waals surface area contributed by atoms with E-state index < -0.39 is 53.6 Å². The normalized spacial score (nSPS) is 18.2. The summed E-state index contributed by atoms with van der Waals surface area (Å²) in [4.78, 5) is 66.5. The van der Waals surface area contributed by atoms with E-state index in [9.17, 15) is 37.1 Å². The van der Waals surface area contributed by atoms with Gasteiger partial charge in [0.25, 0.3) is 11.8 Å². The van der Waals surface area contributed by atoms with E-state index in [1.54, 1.807) is 24.3 Å². The van der Waals surface area contributed by atoms with Crippen LogP contribution in [0.1, 0.15) is 73.9 Å². The molecule has 1 saturated heterocycles. The maximum absolute atomic E-state index is 13.9. The van der Waals surface area contributed by atoms with Gasteiger partial charge in [-0.05, 0) is 61.4 Å². The minimum Gasteiger partial charge on any atom is -0.451 e. The van der Waals surface area contributed by atoms with E-state index >= 15 is 0 Å². The van der Waals surface area contributed by atoms with Gasteiger partial charge in [-0.3, -0.25) is 24.0 Å². The third-order valence-electron chi connectivity index (χ3n) is 8.95. The fourth-order valence-corrected chi connectivity index (χ4v) is 6.40. The maximum atomic E-state index is 13.9. The van der Waals surface area contributed by atoms with Gasteiger partial charge in [-0.2, -0.15) is 0 Å². The number of hydrogen-bond acceptors (Lipinski definition) is 7. The molecule has 0 spiro atoms. The summed E-state index contributed by atoms with van der Waals surface area (Å²) < 4.78 is 47.0. The molecule has 0 unspecified atom stereocenters. The van der Waals surface area contributed by atoms with Crippen molar-refractivity contribution in [3.05, 3.63) is 65.9 Å². The number of nitrogens with one attached hydrogen (secondary N) is 4. The molecule has 14 heteroatoms. The zero-order valence-electron chi connectivity index (χ0n) is 26.8. The average molecular weight is 685 g/mol. The first-order chi connectivity index (χ1) is 23.4.